The average molecular weight is 526 g/mol. The van der Waals surface area contributed by atoms with Crippen LogP contribution in [0.15, 0.2) is 0 Å². The molecule has 0 aromatic rings. The number of hydrogen-bond acceptors (Lipinski definition) is 10. The SMILES string of the molecule is O=C(O)CN1CCCN2CCN(CC(=O)O)CCCN(CC1)CC(CCC(=O)ON1C(=O)CCC1=O)C2. The molecule has 3 saturated heterocycles. The summed E-state index contributed by atoms with van der Waals surface area (Å²) in [5, 5.41) is 19.2. The van der Waals surface area contributed by atoms with Gasteiger partial charge in [-0.1, -0.05) is 0 Å². The van der Waals surface area contributed by atoms with Gasteiger partial charge in [-0.05, 0) is 38.3 Å². The van der Waals surface area contributed by atoms with Crippen molar-refractivity contribution in [3.05, 3.63) is 0 Å². The lowest BCUT2D eigenvalue weighted by Crippen LogP contribution is -2.41. The van der Waals surface area contributed by atoms with Crippen molar-refractivity contribution >= 4 is 29.7 Å². The first-order valence-electron chi connectivity index (χ1n) is 13.1. The molecule has 2 bridgehead atoms. The van der Waals surface area contributed by atoms with Crippen molar-refractivity contribution in [2.75, 3.05) is 78.5 Å². The zero-order chi connectivity index (χ0) is 26.8. The molecule has 2 N–H and O–H groups in total. The smallest absolute Gasteiger partial charge is 0.333 e. The number of carboxylic acids is 2. The summed E-state index contributed by atoms with van der Waals surface area (Å²) < 4.78 is 0. The lowest BCUT2D eigenvalue weighted by atomic mass is 10.0. The maximum Gasteiger partial charge on any atom is 0.333 e. The predicted molar refractivity (Wildman–Crippen MR) is 130 cm³/mol. The Bertz CT molecular complexity index is 784. The maximum absolute atomic E-state index is 12.5. The van der Waals surface area contributed by atoms with Crippen molar-refractivity contribution in [1.29, 1.82) is 0 Å². The molecule has 13 heteroatoms. The van der Waals surface area contributed by atoms with E-state index in [2.05, 4.69) is 9.80 Å². The molecular formula is C24H39N5O8. The van der Waals surface area contributed by atoms with Gasteiger partial charge in [0.15, 0.2) is 0 Å². The van der Waals surface area contributed by atoms with Crippen molar-refractivity contribution in [2.45, 2.75) is 38.5 Å². The first-order chi connectivity index (χ1) is 17.7. The van der Waals surface area contributed by atoms with E-state index in [9.17, 15) is 34.2 Å². The fraction of sp³-hybridized carbons (Fsp3) is 0.792. The van der Waals surface area contributed by atoms with Crippen molar-refractivity contribution < 1.29 is 39.0 Å². The summed E-state index contributed by atoms with van der Waals surface area (Å²) in [6, 6.07) is 0. The second-order valence-electron chi connectivity index (χ2n) is 10.1. The second-order valence-corrected chi connectivity index (χ2v) is 10.1. The number of aliphatic carboxylic acids is 2. The van der Waals surface area contributed by atoms with Crippen LogP contribution in [0.5, 0.6) is 0 Å². The molecule has 3 rings (SSSR count). The normalized spacial score (nSPS) is 27.0. The van der Waals surface area contributed by atoms with Gasteiger partial charge in [-0.2, -0.15) is 0 Å². The van der Waals surface area contributed by atoms with Crippen LogP contribution in [0.4, 0.5) is 0 Å². The molecule has 3 aliphatic heterocycles. The zero-order valence-electron chi connectivity index (χ0n) is 21.4. The number of carbonyl (C=O) groups is 5. The molecule has 3 aliphatic rings. The molecule has 37 heavy (non-hydrogen) atoms. The third-order valence-electron chi connectivity index (χ3n) is 7.07. The molecule has 0 aromatic heterocycles. The van der Waals surface area contributed by atoms with Crippen LogP contribution < -0.4 is 0 Å². The molecule has 3 fully saturated rings. The van der Waals surface area contributed by atoms with Crippen LogP contribution in [0.1, 0.15) is 38.5 Å². The van der Waals surface area contributed by atoms with Crippen molar-refractivity contribution in [2.24, 2.45) is 5.92 Å². The average Bonchev–Trinajstić information content (AvgIpc) is 3.10. The lowest BCUT2D eigenvalue weighted by Gasteiger charge is -2.31. The van der Waals surface area contributed by atoms with E-state index in [4.69, 9.17) is 4.84 Å². The van der Waals surface area contributed by atoms with Gasteiger partial charge < -0.3 is 24.9 Å². The summed E-state index contributed by atoms with van der Waals surface area (Å²) in [5.41, 5.74) is 0. The first-order valence-corrected chi connectivity index (χ1v) is 13.1. The van der Waals surface area contributed by atoms with Crippen LogP contribution >= 0.6 is 0 Å². The highest BCUT2D eigenvalue weighted by Gasteiger charge is 2.33. The summed E-state index contributed by atoms with van der Waals surface area (Å²) in [4.78, 5) is 72.2. The number of nitrogens with zero attached hydrogens (tertiary/aromatic N) is 5. The Morgan fingerprint density at radius 1 is 0.730 bits per heavy atom. The standard InChI is InChI=1S/C24H39N5O8/c30-20-4-5-21(31)29(20)37-24(36)6-3-19-15-25-7-1-9-27(17-22(32)33)13-12-26(16-19)8-2-10-28(14-11-25)18-23(34)35/h19H,1-18H2,(H,32,33)(H,34,35). The van der Waals surface area contributed by atoms with Crippen LogP contribution in [-0.2, 0) is 28.8 Å². The number of hydroxylamine groups is 2. The lowest BCUT2D eigenvalue weighted by molar-refractivity contribution is -0.197. The number of hydrogen-bond donors (Lipinski definition) is 2. The van der Waals surface area contributed by atoms with Gasteiger partial charge in [0.05, 0.1) is 13.1 Å². The Balaban J connectivity index is 1.69. The van der Waals surface area contributed by atoms with Gasteiger partial charge >= 0.3 is 17.9 Å². The van der Waals surface area contributed by atoms with Gasteiger partial charge in [0.25, 0.3) is 11.8 Å². The summed E-state index contributed by atoms with van der Waals surface area (Å²) in [6.45, 7) is 6.72. The molecule has 208 valence electrons. The Morgan fingerprint density at radius 2 is 1.22 bits per heavy atom. The Hall–Kier alpha value is -2.61. The third kappa shape index (κ3) is 9.99. The molecule has 0 spiro atoms. The van der Waals surface area contributed by atoms with Crippen LogP contribution in [0.2, 0.25) is 0 Å². The molecule has 2 amide bonds. The molecule has 2 unspecified atom stereocenters. The number of amides is 2. The molecule has 0 saturated carbocycles. The van der Waals surface area contributed by atoms with Gasteiger partial charge in [0, 0.05) is 71.6 Å². The number of rotatable bonds is 8. The Morgan fingerprint density at radius 3 is 1.68 bits per heavy atom. The number of fused-ring (bicyclic) bond motifs is 4. The van der Waals surface area contributed by atoms with Crippen LogP contribution in [0.25, 0.3) is 0 Å². The molecular weight excluding hydrogens is 486 g/mol. The van der Waals surface area contributed by atoms with E-state index in [1.165, 1.54) is 0 Å². The summed E-state index contributed by atoms with van der Waals surface area (Å²) in [7, 11) is 0. The number of imide groups is 1. The van der Waals surface area contributed by atoms with E-state index < -0.39 is 29.7 Å². The topological polar surface area (TPSA) is 151 Å². The molecule has 0 radical (unpaired) electrons. The highest BCUT2D eigenvalue weighted by atomic mass is 16.7. The third-order valence-corrected chi connectivity index (χ3v) is 7.07. The van der Waals surface area contributed by atoms with Crippen molar-refractivity contribution in [3.63, 3.8) is 0 Å². The molecule has 0 aliphatic carbocycles. The quantitative estimate of drug-likeness (QED) is 0.381. The Labute approximate surface area is 216 Å². The summed E-state index contributed by atoms with van der Waals surface area (Å²) >= 11 is 0. The largest absolute Gasteiger partial charge is 0.480 e. The van der Waals surface area contributed by atoms with Gasteiger partial charge in [-0.3, -0.25) is 29.0 Å². The van der Waals surface area contributed by atoms with E-state index in [1.807, 2.05) is 9.80 Å². The predicted octanol–water partition coefficient (Wildman–Crippen LogP) is -0.825. The monoisotopic (exact) mass is 525 g/mol. The van der Waals surface area contributed by atoms with Gasteiger partial charge in [-0.25, -0.2) is 4.79 Å². The second kappa shape index (κ2) is 14.4. The van der Waals surface area contributed by atoms with E-state index in [0.29, 0.717) is 63.8 Å². The number of carboxylic acid groups (broad SMARTS) is 2. The van der Waals surface area contributed by atoms with Gasteiger partial charge in [-0.15, -0.1) is 5.06 Å². The highest BCUT2D eigenvalue weighted by Crippen LogP contribution is 2.18. The fourth-order valence-electron chi connectivity index (χ4n) is 5.21. The molecule has 0 aromatic carbocycles. The van der Waals surface area contributed by atoms with Gasteiger partial charge in [0.2, 0.25) is 0 Å². The van der Waals surface area contributed by atoms with E-state index in [-0.39, 0.29) is 38.3 Å². The Kier molecular flexibility index (Phi) is 11.2. The summed E-state index contributed by atoms with van der Waals surface area (Å²) in [6.07, 6.45) is 2.24. The molecule has 3 heterocycles. The minimum atomic E-state index is -0.852. The van der Waals surface area contributed by atoms with E-state index >= 15 is 0 Å². The fourth-order valence-corrected chi connectivity index (χ4v) is 5.21. The minimum Gasteiger partial charge on any atom is -0.480 e. The molecule has 2 atom stereocenters. The summed E-state index contributed by atoms with van der Waals surface area (Å²) in [5.74, 6) is -3.21. The zero-order valence-corrected chi connectivity index (χ0v) is 21.4. The molecule has 13 nitrogen and oxygen atoms in total. The minimum absolute atomic E-state index is 0.0105. The van der Waals surface area contributed by atoms with Crippen LogP contribution in [-0.4, -0.2) is 143 Å². The highest BCUT2D eigenvalue weighted by molar-refractivity contribution is 6.01. The first kappa shape index (κ1) is 29.0. The van der Waals surface area contributed by atoms with Crippen molar-refractivity contribution in [3.8, 4) is 0 Å². The number of carbonyl (C=O) groups excluding carboxylic acids is 3. The van der Waals surface area contributed by atoms with E-state index in [1.54, 1.807) is 0 Å². The van der Waals surface area contributed by atoms with Crippen LogP contribution in [0.3, 0.4) is 0 Å². The van der Waals surface area contributed by atoms with Crippen molar-refractivity contribution in [1.82, 2.24) is 24.7 Å². The van der Waals surface area contributed by atoms with Crippen LogP contribution in [0, 0.1) is 5.92 Å². The van der Waals surface area contributed by atoms with Gasteiger partial charge in [0.1, 0.15) is 0 Å². The van der Waals surface area contributed by atoms with E-state index in [0.717, 1.165) is 25.9 Å². The maximum atomic E-state index is 12.5.